The van der Waals surface area contributed by atoms with Crippen LogP contribution in [0.5, 0.6) is 0 Å². The van der Waals surface area contributed by atoms with Crippen molar-refractivity contribution < 1.29 is 4.39 Å². The van der Waals surface area contributed by atoms with Gasteiger partial charge >= 0.3 is 0 Å². The lowest BCUT2D eigenvalue weighted by Crippen LogP contribution is -2.34. The fourth-order valence-electron chi connectivity index (χ4n) is 2.19. The summed E-state index contributed by atoms with van der Waals surface area (Å²) in [6.07, 6.45) is 4.03. The molecule has 11 heavy (non-hydrogen) atoms. The highest BCUT2D eigenvalue weighted by Crippen LogP contribution is 2.46. The molecule has 0 aromatic rings. The van der Waals surface area contributed by atoms with E-state index in [1.807, 2.05) is 0 Å². The first-order chi connectivity index (χ1) is 5.27. The third-order valence-electron chi connectivity index (χ3n) is 3.29. The monoisotopic (exact) mass is 157 g/mol. The van der Waals surface area contributed by atoms with Gasteiger partial charge in [-0.05, 0) is 25.7 Å². The maximum Gasteiger partial charge on any atom is 0.114 e. The van der Waals surface area contributed by atoms with Gasteiger partial charge in [0.1, 0.15) is 6.17 Å². The summed E-state index contributed by atoms with van der Waals surface area (Å²) in [5.74, 6) is 0. The first kappa shape index (κ1) is 7.53. The van der Waals surface area contributed by atoms with Crippen molar-refractivity contribution in [1.29, 1.82) is 0 Å². The Morgan fingerprint density at radius 2 is 2.27 bits per heavy atom. The second-order valence-corrected chi connectivity index (χ2v) is 3.91. The Morgan fingerprint density at radius 1 is 1.55 bits per heavy atom. The van der Waals surface area contributed by atoms with Crippen LogP contribution >= 0.6 is 0 Å². The molecule has 0 N–H and O–H groups in total. The van der Waals surface area contributed by atoms with Crippen molar-refractivity contribution in [3.63, 3.8) is 0 Å². The van der Waals surface area contributed by atoms with Crippen LogP contribution in [0.3, 0.4) is 0 Å². The van der Waals surface area contributed by atoms with Gasteiger partial charge in [0.05, 0.1) is 0 Å². The van der Waals surface area contributed by atoms with E-state index in [2.05, 4.69) is 11.8 Å². The molecule has 0 radical (unpaired) electrons. The van der Waals surface area contributed by atoms with E-state index in [4.69, 9.17) is 0 Å². The number of rotatable bonds is 2. The fraction of sp³-hybridized carbons (Fsp3) is 1.00. The van der Waals surface area contributed by atoms with E-state index in [1.54, 1.807) is 0 Å². The van der Waals surface area contributed by atoms with E-state index in [0.717, 1.165) is 13.0 Å². The first-order valence-corrected chi connectivity index (χ1v) is 4.66. The van der Waals surface area contributed by atoms with Crippen molar-refractivity contribution in [1.82, 2.24) is 4.90 Å². The Bertz CT molecular complexity index is 154. The summed E-state index contributed by atoms with van der Waals surface area (Å²) in [4.78, 5) is 2.36. The zero-order valence-electron chi connectivity index (χ0n) is 7.15. The van der Waals surface area contributed by atoms with Crippen LogP contribution in [0.2, 0.25) is 0 Å². The number of hydrogen-bond acceptors (Lipinski definition) is 1. The van der Waals surface area contributed by atoms with Crippen LogP contribution in [-0.2, 0) is 0 Å². The molecule has 1 nitrogen and oxygen atoms in total. The molecule has 2 aliphatic rings. The van der Waals surface area contributed by atoms with Gasteiger partial charge in [0, 0.05) is 18.6 Å². The molecule has 1 aliphatic carbocycles. The Balaban J connectivity index is 1.95. The van der Waals surface area contributed by atoms with E-state index < -0.39 is 6.17 Å². The Morgan fingerprint density at radius 3 is 2.64 bits per heavy atom. The normalized spacial score (nSPS) is 36.0. The molecular weight excluding hydrogens is 141 g/mol. The lowest BCUT2D eigenvalue weighted by Gasteiger charge is -2.25. The molecule has 0 amide bonds. The van der Waals surface area contributed by atoms with E-state index in [9.17, 15) is 4.39 Å². The summed E-state index contributed by atoms with van der Waals surface area (Å²) >= 11 is 0. The van der Waals surface area contributed by atoms with Gasteiger partial charge in [0.2, 0.25) is 0 Å². The topological polar surface area (TPSA) is 3.24 Å². The summed E-state index contributed by atoms with van der Waals surface area (Å²) in [5, 5.41) is 0. The van der Waals surface area contributed by atoms with Crippen LogP contribution < -0.4 is 0 Å². The molecule has 0 aromatic carbocycles. The van der Waals surface area contributed by atoms with Crippen LogP contribution in [0.15, 0.2) is 0 Å². The van der Waals surface area contributed by atoms with Crippen molar-refractivity contribution in [3.05, 3.63) is 0 Å². The third-order valence-corrected chi connectivity index (χ3v) is 3.29. The number of alkyl halides is 1. The summed E-state index contributed by atoms with van der Waals surface area (Å²) < 4.78 is 12.8. The summed E-state index contributed by atoms with van der Waals surface area (Å²) in [7, 11) is 0. The van der Waals surface area contributed by atoms with Crippen LogP contribution in [0.25, 0.3) is 0 Å². The van der Waals surface area contributed by atoms with Crippen LogP contribution in [0.1, 0.15) is 32.6 Å². The molecule has 1 saturated heterocycles. The van der Waals surface area contributed by atoms with Crippen molar-refractivity contribution in [2.75, 3.05) is 13.1 Å². The van der Waals surface area contributed by atoms with E-state index in [-0.39, 0.29) is 0 Å². The van der Waals surface area contributed by atoms with Gasteiger partial charge in [0.15, 0.2) is 0 Å². The summed E-state index contributed by atoms with van der Waals surface area (Å²) in [6, 6.07) is 0. The van der Waals surface area contributed by atoms with Crippen LogP contribution in [-0.4, -0.2) is 29.7 Å². The molecule has 0 aromatic heterocycles. The zero-order chi connectivity index (χ0) is 7.90. The molecule has 2 heteroatoms. The van der Waals surface area contributed by atoms with Gasteiger partial charge in [-0.25, -0.2) is 4.39 Å². The highest BCUT2D eigenvalue weighted by Gasteiger charge is 2.48. The molecule has 2 fully saturated rings. The van der Waals surface area contributed by atoms with E-state index in [1.165, 1.54) is 19.3 Å². The second kappa shape index (κ2) is 2.44. The van der Waals surface area contributed by atoms with Gasteiger partial charge in [-0.1, -0.05) is 6.92 Å². The Hall–Kier alpha value is -0.110. The van der Waals surface area contributed by atoms with E-state index in [0.29, 0.717) is 12.1 Å². The lowest BCUT2D eigenvalue weighted by molar-refractivity contribution is 0.196. The predicted octanol–water partition coefficient (Wildman–Crippen LogP) is 1.97. The molecule has 1 saturated carbocycles. The average molecular weight is 157 g/mol. The highest BCUT2D eigenvalue weighted by molar-refractivity contribution is 5.04. The molecule has 2 rings (SSSR count). The Labute approximate surface area is 67.6 Å². The number of nitrogens with zero attached hydrogens (tertiary/aromatic N) is 1. The van der Waals surface area contributed by atoms with Gasteiger partial charge < -0.3 is 0 Å². The molecule has 1 heterocycles. The fourth-order valence-corrected chi connectivity index (χ4v) is 2.19. The molecule has 0 spiro atoms. The lowest BCUT2D eigenvalue weighted by atomic mass is 10.2. The van der Waals surface area contributed by atoms with E-state index >= 15 is 0 Å². The van der Waals surface area contributed by atoms with Crippen molar-refractivity contribution >= 4 is 0 Å². The quantitative estimate of drug-likeness (QED) is 0.592. The second-order valence-electron chi connectivity index (χ2n) is 3.91. The standard InChI is InChI=1S/C9H16FN/c1-2-9(4-5-9)11-6-3-8(10)7-11/h8H,2-7H2,1H3/t8-/m0/s1. The minimum Gasteiger partial charge on any atom is -0.295 e. The SMILES string of the molecule is CCC1(N2CC[C@H](F)C2)CC1. The third kappa shape index (κ3) is 1.18. The van der Waals surface area contributed by atoms with Gasteiger partial charge in [0.25, 0.3) is 0 Å². The molecule has 0 bridgehead atoms. The number of hydrogen-bond donors (Lipinski definition) is 0. The molecule has 1 atom stereocenters. The predicted molar refractivity (Wildman–Crippen MR) is 43.3 cm³/mol. The molecule has 0 unspecified atom stereocenters. The van der Waals surface area contributed by atoms with Crippen molar-refractivity contribution in [3.8, 4) is 0 Å². The smallest absolute Gasteiger partial charge is 0.114 e. The maximum absolute atomic E-state index is 12.8. The van der Waals surface area contributed by atoms with Gasteiger partial charge in [-0.15, -0.1) is 0 Å². The molecule has 1 aliphatic heterocycles. The van der Waals surface area contributed by atoms with Crippen molar-refractivity contribution in [2.24, 2.45) is 0 Å². The number of likely N-dealkylation sites (tertiary alicyclic amines) is 1. The average Bonchev–Trinajstić information content (AvgIpc) is 2.70. The van der Waals surface area contributed by atoms with Gasteiger partial charge in [-0.2, -0.15) is 0 Å². The minimum absolute atomic E-state index is 0.445. The maximum atomic E-state index is 12.8. The highest BCUT2D eigenvalue weighted by atomic mass is 19.1. The molecular formula is C9H16FN. The number of halogens is 1. The summed E-state index contributed by atoms with van der Waals surface area (Å²) in [5.41, 5.74) is 0.445. The molecule has 64 valence electrons. The Kier molecular flexibility index (Phi) is 1.67. The zero-order valence-corrected chi connectivity index (χ0v) is 7.15. The van der Waals surface area contributed by atoms with Crippen LogP contribution in [0.4, 0.5) is 4.39 Å². The first-order valence-electron chi connectivity index (χ1n) is 4.66. The van der Waals surface area contributed by atoms with Crippen molar-refractivity contribution in [2.45, 2.75) is 44.3 Å². The van der Waals surface area contributed by atoms with Crippen LogP contribution in [0, 0.1) is 0 Å². The minimum atomic E-state index is -0.543. The summed E-state index contributed by atoms with van der Waals surface area (Å²) in [6.45, 7) is 3.92. The van der Waals surface area contributed by atoms with Gasteiger partial charge in [-0.3, -0.25) is 4.90 Å². The largest absolute Gasteiger partial charge is 0.295 e.